The van der Waals surface area contributed by atoms with E-state index in [1.165, 1.54) is 7.11 Å². The lowest BCUT2D eigenvalue weighted by atomic mass is 10.2. The number of hydrogen-bond donors (Lipinski definition) is 2. The summed E-state index contributed by atoms with van der Waals surface area (Å²) in [7, 11) is 1.51. The lowest BCUT2D eigenvalue weighted by molar-refractivity contribution is -0.173. The van der Waals surface area contributed by atoms with Gasteiger partial charge in [0.05, 0.1) is 12.7 Å². The number of rotatable bonds is 10. The molecule has 0 aliphatic rings. The Balaban J connectivity index is 3.14. The zero-order valence-electron chi connectivity index (χ0n) is 9.92. The maximum absolute atomic E-state index is 11.7. The molecule has 1 atom stereocenters. The molecular weight excluding hydrogens is 239 g/mol. The molecule has 4 nitrogen and oxygen atoms in total. The van der Waals surface area contributed by atoms with Crippen molar-refractivity contribution in [3.8, 4) is 0 Å². The van der Waals surface area contributed by atoms with Crippen LogP contribution in [0.25, 0.3) is 0 Å². The van der Waals surface area contributed by atoms with Gasteiger partial charge in [-0.15, -0.1) is 0 Å². The number of aliphatic hydroxyl groups is 1. The molecule has 0 aliphatic carbocycles. The third kappa shape index (κ3) is 13.6. The third-order valence-corrected chi connectivity index (χ3v) is 1.92. The number of alkyl halides is 3. The Morgan fingerprint density at radius 1 is 1.29 bits per heavy atom. The van der Waals surface area contributed by atoms with Crippen LogP contribution in [0.15, 0.2) is 0 Å². The van der Waals surface area contributed by atoms with E-state index in [0.29, 0.717) is 25.9 Å². The molecule has 0 rings (SSSR count). The van der Waals surface area contributed by atoms with Gasteiger partial charge in [0.1, 0.15) is 6.61 Å². The molecule has 0 fully saturated rings. The molecule has 1 unspecified atom stereocenters. The average molecular weight is 259 g/mol. The zero-order valence-corrected chi connectivity index (χ0v) is 9.92. The van der Waals surface area contributed by atoms with E-state index in [9.17, 15) is 18.3 Å². The largest absolute Gasteiger partial charge is 0.411 e. The molecule has 17 heavy (non-hydrogen) atoms. The maximum Gasteiger partial charge on any atom is 0.411 e. The van der Waals surface area contributed by atoms with Gasteiger partial charge >= 0.3 is 6.18 Å². The minimum absolute atomic E-state index is 0.0765. The Labute approximate surface area is 99.1 Å². The molecule has 0 heterocycles. The summed E-state index contributed by atoms with van der Waals surface area (Å²) in [4.78, 5) is 0. The first-order chi connectivity index (χ1) is 7.95. The molecular formula is C10H20F3NO3. The van der Waals surface area contributed by atoms with E-state index in [1.807, 2.05) is 0 Å². The van der Waals surface area contributed by atoms with Gasteiger partial charge in [0.15, 0.2) is 0 Å². The Bertz CT molecular complexity index is 179. The van der Waals surface area contributed by atoms with Gasteiger partial charge < -0.3 is 19.9 Å². The fraction of sp³-hybridized carbons (Fsp3) is 1.00. The quantitative estimate of drug-likeness (QED) is 0.573. The summed E-state index contributed by atoms with van der Waals surface area (Å²) >= 11 is 0. The SMILES string of the molecule is COCC(O)CCNCCCOCC(F)(F)F. The molecule has 0 spiro atoms. The van der Waals surface area contributed by atoms with Crippen LogP contribution in [0.3, 0.4) is 0 Å². The summed E-state index contributed by atoms with van der Waals surface area (Å²) in [5, 5.41) is 12.3. The van der Waals surface area contributed by atoms with Crippen molar-refractivity contribution in [1.29, 1.82) is 0 Å². The molecule has 104 valence electrons. The van der Waals surface area contributed by atoms with Gasteiger partial charge in [-0.25, -0.2) is 0 Å². The predicted molar refractivity (Wildman–Crippen MR) is 56.9 cm³/mol. The number of halogens is 3. The first-order valence-corrected chi connectivity index (χ1v) is 5.48. The minimum Gasteiger partial charge on any atom is -0.391 e. The van der Waals surface area contributed by atoms with E-state index in [2.05, 4.69) is 10.1 Å². The molecule has 0 bridgehead atoms. The molecule has 0 aliphatic heterocycles. The van der Waals surface area contributed by atoms with Crippen LogP contribution in [0, 0.1) is 0 Å². The van der Waals surface area contributed by atoms with Gasteiger partial charge in [-0.2, -0.15) is 13.2 Å². The number of ether oxygens (including phenoxy) is 2. The Kier molecular flexibility index (Phi) is 9.43. The van der Waals surface area contributed by atoms with Gasteiger partial charge in [-0.05, 0) is 25.9 Å². The van der Waals surface area contributed by atoms with Crippen molar-refractivity contribution in [2.45, 2.75) is 25.1 Å². The van der Waals surface area contributed by atoms with Gasteiger partial charge in [-0.3, -0.25) is 0 Å². The summed E-state index contributed by atoms with van der Waals surface area (Å²) < 4.78 is 44.2. The predicted octanol–water partition coefficient (Wildman–Crippen LogP) is 0.942. The first-order valence-electron chi connectivity index (χ1n) is 5.48. The monoisotopic (exact) mass is 259 g/mol. The fourth-order valence-corrected chi connectivity index (χ4v) is 1.16. The normalized spacial score (nSPS) is 13.9. The van der Waals surface area contributed by atoms with Gasteiger partial charge in [0.2, 0.25) is 0 Å². The topological polar surface area (TPSA) is 50.7 Å². The highest BCUT2D eigenvalue weighted by molar-refractivity contribution is 4.56. The van der Waals surface area contributed by atoms with E-state index < -0.39 is 18.9 Å². The van der Waals surface area contributed by atoms with Crippen molar-refractivity contribution in [2.24, 2.45) is 0 Å². The van der Waals surface area contributed by atoms with Crippen LogP contribution in [0.5, 0.6) is 0 Å². The second kappa shape index (κ2) is 9.64. The summed E-state index contributed by atoms with van der Waals surface area (Å²) in [5.74, 6) is 0. The highest BCUT2D eigenvalue weighted by Gasteiger charge is 2.27. The lowest BCUT2D eigenvalue weighted by Crippen LogP contribution is -2.25. The van der Waals surface area contributed by atoms with E-state index in [4.69, 9.17) is 4.74 Å². The van der Waals surface area contributed by atoms with Crippen molar-refractivity contribution in [1.82, 2.24) is 5.32 Å². The first kappa shape index (κ1) is 16.6. The summed E-state index contributed by atoms with van der Waals surface area (Å²) in [6, 6.07) is 0. The Morgan fingerprint density at radius 3 is 2.59 bits per heavy atom. The molecule has 0 aromatic heterocycles. The van der Waals surface area contributed by atoms with E-state index >= 15 is 0 Å². The molecule has 0 amide bonds. The molecule has 0 saturated heterocycles. The molecule has 2 N–H and O–H groups in total. The number of methoxy groups -OCH3 is 1. The summed E-state index contributed by atoms with van der Waals surface area (Å²) in [6.07, 6.45) is -3.69. The van der Waals surface area contributed by atoms with Crippen LogP contribution >= 0.6 is 0 Å². The van der Waals surface area contributed by atoms with Crippen molar-refractivity contribution >= 4 is 0 Å². The number of aliphatic hydroxyl groups excluding tert-OH is 1. The zero-order chi connectivity index (χ0) is 13.1. The van der Waals surface area contributed by atoms with Crippen molar-refractivity contribution in [3.63, 3.8) is 0 Å². The van der Waals surface area contributed by atoms with Gasteiger partial charge in [-0.1, -0.05) is 0 Å². The van der Waals surface area contributed by atoms with Crippen LogP contribution in [-0.2, 0) is 9.47 Å². The van der Waals surface area contributed by atoms with Crippen molar-refractivity contribution in [3.05, 3.63) is 0 Å². The maximum atomic E-state index is 11.7. The third-order valence-electron chi connectivity index (χ3n) is 1.92. The average Bonchev–Trinajstić information content (AvgIpc) is 2.21. The van der Waals surface area contributed by atoms with Crippen molar-refractivity contribution in [2.75, 3.05) is 40.0 Å². The number of hydrogen-bond acceptors (Lipinski definition) is 4. The van der Waals surface area contributed by atoms with Crippen LogP contribution in [0.1, 0.15) is 12.8 Å². The highest BCUT2D eigenvalue weighted by atomic mass is 19.4. The standard InChI is InChI=1S/C10H20F3NO3/c1-16-7-9(15)3-5-14-4-2-6-17-8-10(11,12)13/h9,14-15H,2-8H2,1H3. The van der Waals surface area contributed by atoms with Crippen LogP contribution in [-0.4, -0.2) is 57.4 Å². The van der Waals surface area contributed by atoms with Crippen molar-refractivity contribution < 1.29 is 27.8 Å². The van der Waals surface area contributed by atoms with Gasteiger partial charge in [0.25, 0.3) is 0 Å². The van der Waals surface area contributed by atoms with E-state index in [0.717, 1.165) is 0 Å². The molecule has 0 saturated carbocycles. The van der Waals surface area contributed by atoms with Crippen LogP contribution in [0.4, 0.5) is 13.2 Å². The number of nitrogens with one attached hydrogen (secondary N) is 1. The summed E-state index contributed by atoms with van der Waals surface area (Å²) in [5.41, 5.74) is 0. The Hall–Kier alpha value is -0.370. The summed E-state index contributed by atoms with van der Waals surface area (Å²) in [6.45, 7) is 0.338. The fourth-order valence-electron chi connectivity index (χ4n) is 1.16. The molecule has 7 heteroatoms. The highest BCUT2D eigenvalue weighted by Crippen LogP contribution is 2.14. The Morgan fingerprint density at radius 2 is 2.00 bits per heavy atom. The van der Waals surface area contributed by atoms with E-state index in [1.54, 1.807) is 0 Å². The second-order valence-electron chi connectivity index (χ2n) is 3.67. The molecule has 0 aromatic carbocycles. The van der Waals surface area contributed by atoms with E-state index in [-0.39, 0.29) is 13.2 Å². The lowest BCUT2D eigenvalue weighted by Gasteiger charge is -2.10. The van der Waals surface area contributed by atoms with Crippen LogP contribution in [0.2, 0.25) is 0 Å². The second-order valence-corrected chi connectivity index (χ2v) is 3.67. The smallest absolute Gasteiger partial charge is 0.391 e. The molecule has 0 aromatic rings. The molecule has 0 radical (unpaired) electrons. The van der Waals surface area contributed by atoms with Crippen LogP contribution < -0.4 is 5.32 Å². The minimum atomic E-state index is -4.25. The van der Waals surface area contributed by atoms with Gasteiger partial charge in [0, 0.05) is 13.7 Å².